The van der Waals surface area contributed by atoms with Gasteiger partial charge in [-0.15, -0.1) is 0 Å². The second-order valence-corrected chi connectivity index (χ2v) is 12.1. The van der Waals surface area contributed by atoms with Crippen LogP contribution in [0, 0.1) is 11.6 Å². The zero-order valence-electron chi connectivity index (χ0n) is 24.6. The molecule has 0 radical (unpaired) electrons. The standard InChI is InChI=1S/C32H36F2N6O3/c1-32(2,3)43-31(41)39-16-7-8-21(19-39)36-30-35-15-14-25(37-30)29-22-18-20(28-23(33)9-6-10-24(28)34)12-13-26(22)40(38-29)27-11-4-5-17-42-27/h6,9-10,12-15,18,21,27H,4-5,7-8,11,16-17,19H2,1-3H3,(H,35,36,37)/t21-,27?/m1/s1. The fourth-order valence-corrected chi connectivity index (χ4v) is 5.73. The molecule has 0 spiro atoms. The van der Waals surface area contributed by atoms with Crippen LogP contribution in [0.2, 0.25) is 0 Å². The Balaban J connectivity index is 1.33. The highest BCUT2D eigenvalue weighted by Gasteiger charge is 2.28. The predicted octanol–water partition coefficient (Wildman–Crippen LogP) is 6.95. The topological polar surface area (TPSA) is 94.4 Å². The van der Waals surface area contributed by atoms with Crippen molar-refractivity contribution in [3.05, 3.63) is 60.3 Å². The number of halogens is 2. The maximum absolute atomic E-state index is 14.7. The summed E-state index contributed by atoms with van der Waals surface area (Å²) in [5.74, 6) is -0.864. The Kier molecular flexibility index (Phi) is 8.00. The van der Waals surface area contributed by atoms with E-state index in [4.69, 9.17) is 19.6 Å². The van der Waals surface area contributed by atoms with Crippen molar-refractivity contribution in [2.75, 3.05) is 25.0 Å². The van der Waals surface area contributed by atoms with Crippen LogP contribution in [-0.2, 0) is 9.47 Å². The van der Waals surface area contributed by atoms with Crippen molar-refractivity contribution >= 4 is 22.9 Å². The van der Waals surface area contributed by atoms with Crippen molar-refractivity contribution in [2.24, 2.45) is 0 Å². The fourth-order valence-electron chi connectivity index (χ4n) is 5.73. The minimum atomic E-state index is -0.634. The SMILES string of the molecule is CC(C)(C)OC(=O)N1CCC[C@@H](Nc2nccc(-c3nn(C4CCCCO4)c4ccc(-c5c(F)cccc5F)cc34)n2)C1. The van der Waals surface area contributed by atoms with Gasteiger partial charge >= 0.3 is 6.09 Å². The smallest absolute Gasteiger partial charge is 0.410 e. The van der Waals surface area contributed by atoms with E-state index in [9.17, 15) is 13.6 Å². The number of nitrogens with one attached hydrogen (secondary N) is 1. The molecular weight excluding hydrogens is 554 g/mol. The van der Waals surface area contributed by atoms with Gasteiger partial charge in [0.25, 0.3) is 0 Å². The highest BCUT2D eigenvalue weighted by atomic mass is 19.1. The van der Waals surface area contributed by atoms with E-state index in [2.05, 4.69) is 10.3 Å². The molecule has 2 saturated heterocycles. The van der Waals surface area contributed by atoms with Gasteiger partial charge in [0.05, 0.1) is 16.8 Å². The van der Waals surface area contributed by atoms with Crippen molar-refractivity contribution in [2.45, 2.75) is 70.7 Å². The molecule has 1 amide bonds. The average molecular weight is 591 g/mol. The second-order valence-electron chi connectivity index (χ2n) is 12.1. The molecule has 2 aromatic carbocycles. The van der Waals surface area contributed by atoms with Gasteiger partial charge in [-0.25, -0.2) is 28.2 Å². The highest BCUT2D eigenvalue weighted by Crippen LogP contribution is 2.36. The van der Waals surface area contributed by atoms with E-state index in [-0.39, 0.29) is 23.9 Å². The van der Waals surface area contributed by atoms with Gasteiger partial charge in [0.1, 0.15) is 22.9 Å². The number of anilines is 1. The van der Waals surface area contributed by atoms with Crippen LogP contribution in [0.25, 0.3) is 33.4 Å². The van der Waals surface area contributed by atoms with Gasteiger partial charge in [-0.2, -0.15) is 5.10 Å². The monoisotopic (exact) mass is 590 g/mol. The molecule has 226 valence electrons. The summed E-state index contributed by atoms with van der Waals surface area (Å²) in [4.78, 5) is 23.6. The van der Waals surface area contributed by atoms with Crippen LogP contribution >= 0.6 is 0 Å². The molecule has 6 rings (SSSR count). The predicted molar refractivity (Wildman–Crippen MR) is 159 cm³/mol. The summed E-state index contributed by atoms with van der Waals surface area (Å²) in [6.45, 7) is 7.30. The largest absolute Gasteiger partial charge is 0.444 e. The minimum Gasteiger partial charge on any atom is -0.444 e. The summed E-state index contributed by atoms with van der Waals surface area (Å²) in [5, 5.41) is 9.02. The van der Waals surface area contributed by atoms with Gasteiger partial charge in [0.15, 0.2) is 6.23 Å². The number of hydrogen-bond acceptors (Lipinski definition) is 7. The molecule has 2 atom stereocenters. The van der Waals surface area contributed by atoms with Crippen molar-refractivity contribution in [3.63, 3.8) is 0 Å². The number of aromatic nitrogens is 4. The van der Waals surface area contributed by atoms with E-state index in [1.165, 1.54) is 18.2 Å². The normalized spacial score (nSPS) is 19.4. The zero-order valence-corrected chi connectivity index (χ0v) is 24.6. The number of fused-ring (bicyclic) bond motifs is 1. The van der Waals surface area contributed by atoms with Crippen molar-refractivity contribution in [1.29, 1.82) is 0 Å². The van der Waals surface area contributed by atoms with Gasteiger partial charge in [0.2, 0.25) is 5.95 Å². The molecule has 4 heterocycles. The van der Waals surface area contributed by atoms with Gasteiger partial charge in [0, 0.05) is 37.3 Å². The summed E-state index contributed by atoms with van der Waals surface area (Å²) in [7, 11) is 0. The molecule has 2 aliphatic rings. The average Bonchev–Trinajstić information content (AvgIpc) is 3.36. The molecule has 2 aromatic heterocycles. The third kappa shape index (κ3) is 6.31. The lowest BCUT2D eigenvalue weighted by Gasteiger charge is -2.34. The Morgan fingerprint density at radius 3 is 2.63 bits per heavy atom. The maximum Gasteiger partial charge on any atom is 0.410 e. The number of rotatable bonds is 5. The summed E-state index contributed by atoms with van der Waals surface area (Å²) in [5.41, 5.74) is 1.66. The lowest BCUT2D eigenvalue weighted by atomic mass is 10.0. The fraction of sp³-hybridized carbons (Fsp3) is 0.438. The van der Waals surface area contributed by atoms with Crippen LogP contribution in [-0.4, -0.2) is 62.1 Å². The Bertz CT molecular complexity index is 1610. The van der Waals surface area contributed by atoms with Gasteiger partial charge in [-0.05, 0) is 88.8 Å². The molecule has 2 aliphatic heterocycles. The van der Waals surface area contributed by atoms with Crippen LogP contribution in [0.4, 0.5) is 19.5 Å². The van der Waals surface area contributed by atoms with Crippen LogP contribution < -0.4 is 5.32 Å². The molecule has 43 heavy (non-hydrogen) atoms. The quantitative estimate of drug-likeness (QED) is 0.269. The lowest BCUT2D eigenvalue weighted by Crippen LogP contribution is -2.47. The molecule has 0 aliphatic carbocycles. The van der Waals surface area contributed by atoms with Crippen molar-refractivity contribution in [1.82, 2.24) is 24.6 Å². The van der Waals surface area contributed by atoms with E-state index in [0.29, 0.717) is 48.0 Å². The molecule has 0 bridgehead atoms. The summed E-state index contributed by atoms with van der Waals surface area (Å²) in [6.07, 6.45) is 5.56. The van der Waals surface area contributed by atoms with Crippen LogP contribution in [0.1, 0.15) is 59.1 Å². The lowest BCUT2D eigenvalue weighted by molar-refractivity contribution is -0.0365. The molecule has 11 heteroatoms. The number of carbonyl (C=O) groups excluding carboxylic acids is 1. The number of likely N-dealkylation sites (tertiary alicyclic amines) is 1. The van der Waals surface area contributed by atoms with Crippen molar-refractivity contribution in [3.8, 4) is 22.5 Å². The number of piperidine rings is 1. The number of benzene rings is 2. The molecule has 2 fully saturated rings. The van der Waals surface area contributed by atoms with Crippen molar-refractivity contribution < 1.29 is 23.0 Å². The third-order valence-corrected chi connectivity index (χ3v) is 7.69. The van der Waals surface area contributed by atoms with Gasteiger partial charge in [-0.1, -0.05) is 12.1 Å². The van der Waals surface area contributed by atoms with Crippen LogP contribution in [0.5, 0.6) is 0 Å². The maximum atomic E-state index is 14.7. The van der Waals surface area contributed by atoms with Gasteiger partial charge in [-0.3, -0.25) is 0 Å². The highest BCUT2D eigenvalue weighted by molar-refractivity contribution is 5.95. The van der Waals surface area contributed by atoms with E-state index in [1.54, 1.807) is 29.3 Å². The first kappa shape index (κ1) is 29.0. The summed E-state index contributed by atoms with van der Waals surface area (Å²) < 4.78 is 43.0. The van der Waals surface area contributed by atoms with Crippen LogP contribution in [0.15, 0.2) is 48.7 Å². The summed E-state index contributed by atoms with van der Waals surface area (Å²) in [6, 6.07) is 10.9. The number of nitrogens with zero attached hydrogens (tertiary/aromatic N) is 5. The molecule has 4 aromatic rings. The number of carbonyl (C=O) groups is 1. The molecule has 0 saturated carbocycles. The Morgan fingerprint density at radius 1 is 1.07 bits per heavy atom. The van der Waals surface area contributed by atoms with Crippen LogP contribution in [0.3, 0.4) is 0 Å². The molecule has 9 nitrogen and oxygen atoms in total. The first-order valence-corrected chi connectivity index (χ1v) is 14.8. The van der Waals surface area contributed by atoms with Gasteiger partial charge < -0.3 is 19.7 Å². The molecule has 1 unspecified atom stereocenters. The summed E-state index contributed by atoms with van der Waals surface area (Å²) >= 11 is 0. The molecule has 1 N–H and O–H groups in total. The zero-order chi connectivity index (χ0) is 30.1. The van der Waals surface area contributed by atoms with E-state index < -0.39 is 17.2 Å². The second kappa shape index (κ2) is 11.9. The number of hydrogen-bond donors (Lipinski definition) is 1. The van der Waals surface area contributed by atoms with E-state index in [1.807, 2.05) is 31.5 Å². The number of amides is 1. The Hall–Kier alpha value is -4.12. The molecular formula is C32H36F2N6O3. The number of ether oxygens (including phenoxy) is 2. The first-order chi connectivity index (χ1) is 20.7. The Morgan fingerprint density at radius 2 is 1.88 bits per heavy atom. The first-order valence-electron chi connectivity index (χ1n) is 14.8. The van der Waals surface area contributed by atoms with E-state index >= 15 is 0 Å². The third-order valence-electron chi connectivity index (χ3n) is 7.69. The van der Waals surface area contributed by atoms with E-state index in [0.717, 1.165) is 37.6 Å². The Labute approximate surface area is 249 Å². The minimum absolute atomic E-state index is 0.0582.